The Morgan fingerprint density at radius 2 is 2.10 bits per heavy atom. The highest BCUT2D eigenvalue weighted by Gasteiger charge is 2.12. The standard InChI is InChI=1S/C17H24ClN3/c1-3-11-19-15(8-9-16-10-12-20-21(16)2)13-14-6-4-5-7-17(14)18/h4-7,10,12,15,19H,3,8-9,11,13H2,1-2H3. The number of rotatable bonds is 8. The van der Waals surface area contributed by atoms with Gasteiger partial charge in [-0.25, -0.2) is 0 Å². The van der Waals surface area contributed by atoms with Gasteiger partial charge in [-0.3, -0.25) is 4.68 Å². The summed E-state index contributed by atoms with van der Waals surface area (Å²) in [4.78, 5) is 0. The fourth-order valence-corrected chi connectivity index (χ4v) is 2.74. The predicted molar refractivity (Wildman–Crippen MR) is 88.8 cm³/mol. The first-order chi connectivity index (χ1) is 10.2. The minimum Gasteiger partial charge on any atom is -0.314 e. The van der Waals surface area contributed by atoms with Crippen LogP contribution >= 0.6 is 11.6 Å². The van der Waals surface area contributed by atoms with Gasteiger partial charge in [0.05, 0.1) is 0 Å². The average Bonchev–Trinajstić information content (AvgIpc) is 2.89. The zero-order valence-corrected chi connectivity index (χ0v) is 13.6. The molecule has 0 aliphatic carbocycles. The molecule has 4 heteroatoms. The molecular weight excluding hydrogens is 282 g/mol. The summed E-state index contributed by atoms with van der Waals surface area (Å²) >= 11 is 6.29. The van der Waals surface area contributed by atoms with Crippen molar-refractivity contribution in [3.05, 3.63) is 52.8 Å². The number of benzene rings is 1. The van der Waals surface area contributed by atoms with E-state index in [1.165, 1.54) is 11.3 Å². The molecule has 2 aromatic rings. The second-order valence-corrected chi connectivity index (χ2v) is 5.84. The van der Waals surface area contributed by atoms with Gasteiger partial charge in [0.2, 0.25) is 0 Å². The molecule has 0 radical (unpaired) electrons. The Balaban J connectivity index is 1.97. The fourth-order valence-electron chi connectivity index (χ4n) is 2.52. The SMILES string of the molecule is CCCNC(CCc1ccnn1C)Cc1ccccc1Cl. The summed E-state index contributed by atoms with van der Waals surface area (Å²) in [6.45, 7) is 3.24. The highest BCUT2D eigenvalue weighted by molar-refractivity contribution is 6.31. The van der Waals surface area contributed by atoms with Gasteiger partial charge < -0.3 is 5.32 Å². The van der Waals surface area contributed by atoms with Crippen molar-refractivity contribution in [3.63, 3.8) is 0 Å². The molecule has 2 rings (SSSR count). The Labute approximate surface area is 132 Å². The Morgan fingerprint density at radius 1 is 1.29 bits per heavy atom. The van der Waals surface area contributed by atoms with Crippen LogP contribution in [-0.2, 0) is 19.9 Å². The molecule has 0 aliphatic heterocycles. The van der Waals surface area contributed by atoms with Crippen molar-refractivity contribution in [2.24, 2.45) is 7.05 Å². The first-order valence-electron chi connectivity index (χ1n) is 7.64. The highest BCUT2D eigenvalue weighted by atomic mass is 35.5. The molecule has 1 heterocycles. The lowest BCUT2D eigenvalue weighted by molar-refractivity contribution is 0.471. The molecule has 1 N–H and O–H groups in total. The molecule has 0 fully saturated rings. The third-order valence-corrected chi connectivity index (χ3v) is 4.15. The molecule has 0 bridgehead atoms. The Kier molecular flexibility index (Phi) is 6.27. The lowest BCUT2D eigenvalue weighted by atomic mass is 10.0. The van der Waals surface area contributed by atoms with Gasteiger partial charge in [-0.05, 0) is 49.9 Å². The van der Waals surface area contributed by atoms with E-state index < -0.39 is 0 Å². The van der Waals surface area contributed by atoms with Gasteiger partial charge in [-0.15, -0.1) is 0 Å². The smallest absolute Gasteiger partial charge is 0.0492 e. The van der Waals surface area contributed by atoms with Gasteiger partial charge in [0.15, 0.2) is 0 Å². The van der Waals surface area contributed by atoms with Crippen molar-refractivity contribution in [3.8, 4) is 0 Å². The third-order valence-electron chi connectivity index (χ3n) is 3.78. The van der Waals surface area contributed by atoms with E-state index >= 15 is 0 Å². The maximum absolute atomic E-state index is 6.29. The number of aromatic nitrogens is 2. The van der Waals surface area contributed by atoms with Gasteiger partial charge in [0.25, 0.3) is 0 Å². The summed E-state index contributed by atoms with van der Waals surface area (Å²) < 4.78 is 1.95. The third kappa shape index (κ3) is 4.87. The Bertz CT molecular complexity index is 550. The molecule has 1 unspecified atom stereocenters. The lowest BCUT2D eigenvalue weighted by Gasteiger charge is -2.19. The molecule has 0 amide bonds. The van der Waals surface area contributed by atoms with E-state index in [0.29, 0.717) is 6.04 Å². The molecule has 0 saturated heterocycles. The normalized spacial score (nSPS) is 12.5. The predicted octanol–water partition coefficient (Wildman–Crippen LogP) is 3.62. The van der Waals surface area contributed by atoms with Crippen LogP contribution in [0.1, 0.15) is 31.0 Å². The zero-order valence-electron chi connectivity index (χ0n) is 12.8. The van der Waals surface area contributed by atoms with Crippen molar-refractivity contribution >= 4 is 11.6 Å². The quantitative estimate of drug-likeness (QED) is 0.807. The molecule has 0 aliphatic rings. The van der Waals surface area contributed by atoms with Crippen LogP contribution in [0.2, 0.25) is 5.02 Å². The van der Waals surface area contributed by atoms with Crippen LogP contribution in [0.4, 0.5) is 0 Å². The van der Waals surface area contributed by atoms with Crippen molar-refractivity contribution < 1.29 is 0 Å². The molecule has 1 aromatic carbocycles. The van der Waals surface area contributed by atoms with E-state index in [4.69, 9.17) is 11.6 Å². The zero-order chi connectivity index (χ0) is 15.1. The van der Waals surface area contributed by atoms with Crippen molar-refractivity contribution in [2.75, 3.05) is 6.54 Å². The first kappa shape index (κ1) is 16.1. The van der Waals surface area contributed by atoms with Crippen LogP contribution in [0, 0.1) is 0 Å². The minimum atomic E-state index is 0.444. The van der Waals surface area contributed by atoms with E-state index in [2.05, 4.69) is 35.5 Å². The molecule has 114 valence electrons. The summed E-state index contributed by atoms with van der Waals surface area (Å²) in [5.74, 6) is 0. The molecule has 3 nitrogen and oxygen atoms in total. The topological polar surface area (TPSA) is 29.9 Å². The number of nitrogens with zero attached hydrogens (tertiary/aromatic N) is 2. The fraction of sp³-hybridized carbons (Fsp3) is 0.471. The molecular formula is C17H24ClN3. The van der Waals surface area contributed by atoms with E-state index in [0.717, 1.165) is 37.3 Å². The number of nitrogens with one attached hydrogen (secondary N) is 1. The van der Waals surface area contributed by atoms with Crippen LogP contribution in [0.15, 0.2) is 36.5 Å². The first-order valence-corrected chi connectivity index (χ1v) is 8.02. The lowest BCUT2D eigenvalue weighted by Crippen LogP contribution is -2.32. The van der Waals surface area contributed by atoms with Crippen molar-refractivity contribution in [2.45, 2.75) is 38.6 Å². The largest absolute Gasteiger partial charge is 0.314 e. The van der Waals surface area contributed by atoms with E-state index in [1.54, 1.807) is 0 Å². The van der Waals surface area contributed by atoms with Crippen LogP contribution < -0.4 is 5.32 Å². The number of hydrogen-bond acceptors (Lipinski definition) is 2. The average molecular weight is 306 g/mol. The van der Waals surface area contributed by atoms with E-state index in [1.807, 2.05) is 30.1 Å². The van der Waals surface area contributed by atoms with Gasteiger partial charge in [0, 0.05) is 30.0 Å². The maximum atomic E-state index is 6.29. The Hall–Kier alpha value is -1.32. The Morgan fingerprint density at radius 3 is 2.76 bits per heavy atom. The summed E-state index contributed by atoms with van der Waals surface area (Å²) in [6.07, 6.45) is 6.09. The van der Waals surface area contributed by atoms with Crippen molar-refractivity contribution in [1.29, 1.82) is 0 Å². The molecule has 21 heavy (non-hydrogen) atoms. The van der Waals surface area contributed by atoms with Crippen LogP contribution in [0.5, 0.6) is 0 Å². The van der Waals surface area contributed by atoms with Gasteiger partial charge in [-0.1, -0.05) is 36.7 Å². The second-order valence-electron chi connectivity index (χ2n) is 5.43. The summed E-state index contributed by atoms with van der Waals surface area (Å²) in [6, 6.07) is 10.7. The molecule has 0 saturated carbocycles. The maximum Gasteiger partial charge on any atom is 0.0492 e. The molecule has 1 aromatic heterocycles. The number of aryl methyl sites for hydroxylation is 2. The summed E-state index contributed by atoms with van der Waals surface area (Å²) in [5.41, 5.74) is 2.50. The summed E-state index contributed by atoms with van der Waals surface area (Å²) in [5, 5.41) is 8.73. The second kappa shape index (κ2) is 8.20. The molecule has 0 spiro atoms. The van der Waals surface area contributed by atoms with E-state index in [9.17, 15) is 0 Å². The van der Waals surface area contributed by atoms with Gasteiger partial charge in [-0.2, -0.15) is 5.10 Å². The highest BCUT2D eigenvalue weighted by Crippen LogP contribution is 2.18. The summed E-state index contributed by atoms with van der Waals surface area (Å²) in [7, 11) is 2.00. The minimum absolute atomic E-state index is 0.444. The van der Waals surface area contributed by atoms with Crippen molar-refractivity contribution in [1.82, 2.24) is 15.1 Å². The van der Waals surface area contributed by atoms with Crippen LogP contribution in [0.25, 0.3) is 0 Å². The number of hydrogen-bond donors (Lipinski definition) is 1. The monoisotopic (exact) mass is 305 g/mol. The van der Waals surface area contributed by atoms with Crippen LogP contribution in [-0.4, -0.2) is 22.4 Å². The van der Waals surface area contributed by atoms with E-state index in [-0.39, 0.29) is 0 Å². The van der Waals surface area contributed by atoms with Crippen LogP contribution in [0.3, 0.4) is 0 Å². The number of halogens is 1. The van der Waals surface area contributed by atoms with Gasteiger partial charge >= 0.3 is 0 Å². The molecule has 1 atom stereocenters. The van der Waals surface area contributed by atoms with Gasteiger partial charge in [0.1, 0.15) is 0 Å².